The molecule has 0 fully saturated rings. The zero-order valence-corrected chi connectivity index (χ0v) is 14.8. The van der Waals surface area contributed by atoms with Gasteiger partial charge in [-0.2, -0.15) is 0 Å². The molecule has 6 nitrogen and oxygen atoms in total. The number of Topliss-reactive ketones (excluding diaryl/α,β-unsaturated/α-hetero) is 1. The monoisotopic (exact) mass is 362 g/mol. The van der Waals surface area contributed by atoms with Gasteiger partial charge in [-0.3, -0.25) is 9.59 Å². The van der Waals surface area contributed by atoms with Gasteiger partial charge in [-0.1, -0.05) is 6.92 Å². The Hall–Kier alpha value is -2.99. The fraction of sp³-hybridized carbons (Fsp3) is 0.286. The maximum Gasteiger partial charge on any atom is 0.254 e. The molecule has 1 aliphatic carbocycles. The molecule has 6 heteroatoms. The minimum Gasteiger partial charge on any atom is -0.508 e. The predicted octanol–water partition coefficient (Wildman–Crippen LogP) is 2.24. The molecule has 1 atom stereocenters. The highest BCUT2D eigenvalue weighted by Crippen LogP contribution is 2.39. The normalized spacial score (nSPS) is 20.4. The van der Waals surface area contributed by atoms with Crippen LogP contribution >= 0.6 is 0 Å². The third kappa shape index (κ3) is 2.07. The number of carbonyl (C=O) groups is 1. The minimum atomic E-state index is -1.60. The standard InChI is InChI=1S/C21H18N2O4/c1-2-21(27)15-9-17-19-12(7-11-8-13(24)3-5-16(11)22-19)10-23(17)20(26)14(15)4-6-18(21)25/h3,5,7-9,24,27H,2,4,6,10H2,1H3. The molecule has 3 heterocycles. The lowest BCUT2D eigenvalue weighted by molar-refractivity contribution is -0.140. The van der Waals surface area contributed by atoms with E-state index in [1.165, 1.54) is 0 Å². The molecule has 0 saturated carbocycles. The fourth-order valence-electron chi connectivity index (χ4n) is 4.36. The maximum atomic E-state index is 13.1. The average Bonchev–Trinajstić information content (AvgIpc) is 3.01. The molecule has 5 rings (SSSR count). The first-order chi connectivity index (χ1) is 12.9. The highest BCUT2D eigenvalue weighted by Gasteiger charge is 2.43. The summed E-state index contributed by atoms with van der Waals surface area (Å²) in [5.41, 5.74) is 2.11. The van der Waals surface area contributed by atoms with Crippen molar-refractivity contribution in [3.8, 4) is 17.1 Å². The van der Waals surface area contributed by atoms with E-state index in [0.717, 1.165) is 10.9 Å². The number of phenolic OH excluding ortho intramolecular Hbond substituents is 1. The van der Waals surface area contributed by atoms with Crippen molar-refractivity contribution in [2.75, 3.05) is 0 Å². The Labute approximate surface area is 154 Å². The number of hydrogen-bond donors (Lipinski definition) is 2. The van der Waals surface area contributed by atoms with E-state index in [1.54, 1.807) is 35.8 Å². The Morgan fingerprint density at radius 1 is 1.19 bits per heavy atom. The number of benzene rings is 1. The van der Waals surface area contributed by atoms with Crippen LogP contribution in [0.1, 0.15) is 36.5 Å². The molecule has 0 saturated heterocycles. The van der Waals surface area contributed by atoms with Crippen LogP contribution in [0.5, 0.6) is 5.75 Å². The van der Waals surface area contributed by atoms with Crippen molar-refractivity contribution in [1.82, 2.24) is 9.55 Å². The van der Waals surface area contributed by atoms with Crippen LogP contribution in [0.15, 0.2) is 35.1 Å². The molecule has 0 radical (unpaired) electrons. The van der Waals surface area contributed by atoms with Crippen LogP contribution < -0.4 is 5.56 Å². The van der Waals surface area contributed by atoms with Crippen LogP contribution in [-0.4, -0.2) is 25.5 Å². The van der Waals surface area contributed by atoms with Crippen molar-refractivity contribution in [1.29, 1.82) is 0 Å². The molecule has 1 aliphatic heterocycles. The molecule has 1 aromatic carbocycles. The molecule has 2 aliphatic rings. The highest BCUT2D eigenvalue weighted by atomic mass is 16.3. The number of carbonyl (C=O) groups excluding carboxylic acids is 1. The van der Waals surface area contributed by atoms with E-state index in [9.17, 15) is 19.8 Å². The Balaban J connectivity index is 1.80. The van der Waals surface area contributed by atoms with E-state index in [0.29, 0.717) is 41.0 Å². The van der Waals surface area contributed by atoms with Gasteiger partial charge in [0.05, 0.1) is 23.4 Å². The number of hydrogen-bond acceptors (Lipinski definition) is 5. The minimum absolute atomic E-state index is 0.160. The summed E-state index contributed by atoms with van der Waals surface area (Å²) in [7, 11) is 0. The summed E-state index contributed by atoms with van der Waals surface area (Å²) >= 11 is 0. The third-order valence-electron chi connectivity index (χ3n) is 5.87. The second-order valence-corrected chi connectivity index (χ2v) is 7.32. The Bertz CT molecular complexity index is 1210. The smallest absolute Gasteiger partial charge is 0.254 e. The quantitative estimate of drug-likeness (QED) is 0.542. The van der Waals surface area contributed by atoms with Crippen LogP contribution in [0.3, 0.4) is 0 Å². The maximum absolute atomic E-state index is 13.1. The van der Waals surface area contributed by atoms with Crippen LogP contribution in [0, 0.1) is 0 Å². The second-order valence-electron chi connectivity index (χ2n) is 7.32. The average molecular weight is 362 g/mol. The van der Waals surface area contributed by atoms with Gasteiger partial charge in [-0.15, -0.1) is 0 Å². The fourth-order valence-corrected chi connectivity index (χ4v) is 4.36. The van der Waals surface area contributed by atoms with Gasteiger partial charge in [0.25, 0.3) is 5.56 Å². The Kier molecular flexibility index (Phi) is 3.16. The Morgan fingerprint density at radius 2 is 2.00 bits per heavy atom. The third-order valence-corrected chi connectivity index (χ3v) is 5.87. The van der Waals surface area contributed by atoms with Crippen LogP contribution in [0.4, 0.5) is 0 Å². The van der Waals surface area contributed by atoms with Crippen LogP contribution in [0.25, 0.3) is 22.3 Å². The zero-order valence-electron chi connectivity index (χ0n) is 14.8. The molecule has 0 spiro atoms. The molecule has 2 N–H and O–H groups in total. The number of aromatic hydroxyl groups is 1. The van der Waals surface area contributed by atoms with Gasteiger partial charge in [0, 0.05) is 28.5 Å². The van der Waals surface area contributed by atoms with Gasteiger partial charge < -0.3 is 14.8 Å². The summed E-state index contributed by atoms with van der Waals surface area (Å²) < 4.78 is 1.67. The van der Waals surface area contributed by atoms with Crippen molar-refractivity contribution in [2.45, 2.75) is 38.3 Å². The number of pyridine rings is 2. The summed E-state index contributed by atoms with van der Waals surface area (Å²) in [6.45, 7) is 2.15. The van der Waals surface area contributed by atoms with Crippen molar-refractivity contribution >= 4 is 16.7 Å². The first kappa shape index (κ1) is 16.2. The molecule has 27 heavy (non-hydrogen) atoms. The highest BCUT2D eigenvalue weighted by molar-refractivity contribution is 5.91. The first-order valence-electron chi connectivity index (χ1n) is 9.08. The van der Waals surface area contributed by atoms with Crippen molar-refractivity contribution in [3.05, 3.63) is 57.4 Å². The summed E-state index contributed by atoms with van der Waals surface area (Å²) in [4.78, 5) is 30.2. The number of aliphatic hydroxyl groups is 1. The summed E-state index contributed by atoms with van der Waals surface area (Å²) in [5.74, 6) is -0.0686. The lowest BCUT2D eigenvalue weighted by atomic mass is 9.77. The molecule has 1 unspecified atom stereocenters. The number of aromatic nitrogens is 2. The number of rotatable bonds is 1. The predicted molar refractivity (Wildman–Crippen MR) is 99.7 cm³/mol. The van der Waals surface area contributed by atoms with Gasteiger partial charge in [0.1, 0.15) is 11.4 Å². The van der Waals surface area contributed by atoms with E-state index in [2.05, 4.69) is 4.98 Å². The number of phenols is 1. The van der Waals surface area contributed by atoms with Crippen molar-refractivity contribution in [3.63, 3.8) is 0 Å². The topological polar surface area (TPSA) is 92.4 Å². The lowest BCUT2D eigenvalue weighted by Crippen LogP contribution is -2.43. The second kappa shape index (κ2) is 5.27. The number of fused-ring (bicyclic) bond motifs is 5. The number of ketones is 1. The van der Waals surface area contributed by atoms with Crippen molar-refractivity contribution in [2.24, 2.45) is 0 Å². The molecular weight excluding hydrogens is 344 g/mol. The molecule has 0 amide bonds. The summed E-state index contributed by atoms with van der Waals surface area (Å²) in [6.07, 6.45) is 0.772. The lowest BCUT2D eigenvalue weighted by Gasteiger charge is -2.32. The SMILES string of the molecule is CCC1(O)C(=O)CCc2c1cc1n(c2=O)Cc2cc3cc(O)ccc3nc2-1. The molecule has 0 bridgehead atoms. The summed E-state index contributed by atoms with van der Waals surface area (Å²) in [5, 5.41) is 21.5. The first-order valence-corrected chi connectivity index (χ1v) is 9.08. The van der Waals surface area contributed by atoms with E-state index in [-0.39, 0.29) is 29.9 Å². The van der Waals surface area contributed by atoms with Crippen molar-refractivity contribution < 1.29 is 15.0 Å². The van der Waals surface area contributed by atoms with E-state index in [1.807, 2.05) is 6.07 Å². The van der Waals surface area contributed by atoms with Gasteiger partial charge in [0.2, 0.25) is 0 Å². The van der Waals surface area contributed by atoms with Gasteiger partial charge >= 0.3 is 0 Å². The molecule has 3 aromatic rings. The van der Waals surface area contributed by atoms with E-state index < -0.39 is 5.60 Å². The van der Waals surface area contributed by atoms with Crippen LogP contribution in [-0.2, 0) is 23.4 Å². The largest absolute Gasteiger partial charge is 0.508 e. The van der Waals surface area contributed by atoms with Gasteiger partial charge in [-0.25, -0.2) is 4.98 Å². The molecule has 136 valence electrons. The van der Waals surface area contributed by atoms with Gasteiger partial charge in [-0.05, 0) is 43.2 Å². The molecule has 2 aromatic heterocycles. The van der Waals surface area contributed by atoms with Crippen LogP contribution in [0.2, 0.25) is 0 Å². The zero-order chi connectivity index (χ0) is 18.9. The van der Waals surface area contributed by atoms with E-state index in [4.69, 9.17) is 0 Å². The van der Waals surface area contributed by atoms with E-state index >= 15 is 0 Å². The summed E-state index contributed by atoms with van der Waals surface area (Å²) in [6, 6.07) is 8.65. The number of nitrogens with zero attached hydrogens (tertiary/aromatic N) is 2. The van der Waals surface area contributed by atoms with Gasteiger partial charge in [0.15, 0.2) is 5.78 Å². The molecular formula is C21H18N2O4. The Morgan fingerprint density at radius 3 is 2.78 bits per heavy atom.